The molecule has 1 aliphatic rings. The van der Waals surface area contributed by atoms with E-state index in [-0.39, 0.29) is 5.41 Å². The minimum absolute atomic E-state index is 0.144. The average Bonchev–Trinajstić information content (AvgIpc) is 2.70. The number of nitrogens with zero attached hydrogens (tertiary/aromatic N) is 1. The molecule has 1 aliphatic carbocycles. The highest BCUT2D eigenvalue weighted by Crippen LogP contribution is 2.24. The Labute approximate surface area is 94.1 Å². The summed E-state index contributed by atoms with van der Waals surface area (Å²) in [5, 5.41) is 12.4. The van der Waals surface area contributed by atoms with E-state index in [1.165, 1.54) is 32.2 Å². The summed E-state index contributed by atoms with van der Waals surface area (Å²) in [6.07, 6.45) is 7.80. The molecule has 0 aromatic heterocycles. The van der Waals surface area contributed by atoms with Crippen LogP contribution in [-0.2, 0) is 0 Å². The van der Waals surface area contributed by atoms with Crippen LogP contribution in [0.5, 0.6) is 0 Å². The number of nitrogens with one attached hydrogen (secondary N) is 1. The molecule has 0 aromatic carbocycles. The van der Waals surface area contributed by atoms with Crippen molar-refractivity contribution < 1.29 is 0 Å². The van der Waals surface area contributed by atoms with Gasteiger partial charge in [-0.05, 0) is 58.5 Å². The summed E-state index contributed by atoms with van der Waals surface area (Å²) in [4.78, 5) is 0. The van der Waals surface area contributed by atoms with E-state index in [1.807, 2.05) is 13.8 Å². The molecule has 0 aliphatic heterocycles. The number of rotatable bonds is 6. The van der Waals surface area contributed by atoms with Crippen molar-refractivity contribution in [3.8, 4) is 6.07 Å². The first-order chi connectivity index (χ1) is 7.14. The monoisotopic (exact) mass is 208 g/mol. The van der Waals surface area contributed by atoms with Gasteiger partial charge < -0.3 is 5.32 Å². The van der Waals surface area contributed by atoms with Crippen molar-refractivity contribution in [2.24, 2.45) is 11.3 Å². The molecule has 0 saturated heterocycles. The Morgan fingerprint density at radius 2 is 2.00 bits per heavy atom. The lowest BCUT2D eigenvalue weighted by molar-refractivity contribution is 0.413. The molecule has 86 valence electrons. The third-order valence-electron chi connectivity index (χ3n) is 3.37. The van der Waals surface area contributed by atoms with Gasteiger partial charge in [-0.15, -0.1) is 0 Å². The van der Waals surface area contributed by atoms with Gasteiger partial charge in [0, 0.05) is 0 Å². The third kappa shape index (κ3) is 5.18. The Balaban J connectivity index is 1.95. The Hall–Kier alpha value is -0.550. The Morgan fingerprint density at radius 3 is 2.60 bits per heavy atom. The highest BCUT2D eigenvalue weighted by Gasteiger charge is 2.16. The van der Waals surface area contributed by atoms with E-state index in [1.54, 1.807) is 0 Å². The fourth-order valence-electron chi connectivity index (χ4n) is 2.23. The Morgan fingerprint density at radius 1 is 1.33 bits per heavy atom. The third-order valence-corrected chi connectivity index (χ3v) is 3.37. The van der Waals surface area contributed by atoms with Crippen molar-refractivity contribution in [2.75, 3.05) is 13.1 Å². The zero-order valence-corrected chi connectivity index (χ0v) is 10.2. The van der Waals surface area contributed by atoms with Crippen LogP contribution in [0.1, 0.15) is 52.4 Å². The number of hydrogen-bond acceptors (Lipinski definition) is 2. The molecule has 0 spiro atoms. The molecule has 1 saturated carbocycles. The van der Waals surface area contributed by atoms with Crippen LogP contribution < -0.4 is 5.32 Å². The van der Waals surface area contributed by atoms with Crippen LogP contribution in [0.3, 0.4) is 0 Å². The lowest BCUT2D eigenvalue weighted by atomic mass is 9.90. The summed E-state index contributed by atoms with van der Waals surface area (Å²) in [6.45, 7) is 6.29. The standard InChI is InChI=1S/C13H24N2/c1-13(2,11-14)8-5-9-15-10-12-6-3-4-7-12/h12,15H,3-10H2,1-2H3. The summed E-state index contributed by atoms with van der Waals surface area (Å²) in [5.74, 6) is 0.925. The van der Waals surface area contributed by atoms with Crippen LogP contribution in [0.2, 0.25) is 0 Å². The van der Waals surface area contributed by atoms with E-state index in [9.17, 15) is 0 Å². The summed E-state index contributed by atoms with van der Waals surface area (Å²) in [6, 6.07) is 2.35. The minimum Gasteiger partial charge on any atom is -0.316 e. The van der Waals surface area contributed by atoms with E-state index in [4.69, 9.17) is 5.26 Å². The zero-order chi connectivity index (χ0) is 11.1. The van der Waals surface area contributed by atoms with Crippen molar-refractivity contribution in [2.45, 2.75) is 52.4 Å². The van der Waals surface area contributed by atoms with Crippen molar-refractivity contribution >= 4 is 0 Å². The molecule has 2 nitrogen and oxygen atoms in total. The molecule has 15 heavy (non-hydrogen) atoms. The lowest BCUT2D eigenvalue weighted by Crippen LogP contribution is -2.23. The molecular weight excluding hydrogens is 184 g/mol. The molecule has 0 unspecified atom stereocenters. The quantitative estimate of drug-likeness (QED) is 0.681. The predicted octanol–water partition coefficient (Wildman–Crippen LogP) is 3.10. The molecule has 0 bridgehead atoms. The van der Waals surface area contributed by atoms with Crippen molar-refractivity contribution in [3.05, 3.63) is 0 Å². The largest absolute Gasteiger partial charge is 0.316 e. The Kier molecular flexibility index (Phi) is 5.11. The topological polar surface area (TPSA) is 35.8 Å². The molecule has 1 fully saturated rings. The smallest absolute Gasteiger partial charge is 0.0683 e. The summed E-state index contributed by atoms with van der Waals surface area (Å²) >= 11 is 0. The van der Waals surface area contributed by atoms with Crippen molar-refractivity contribution in [1.82, 2.24) is 5.32 Å². The molecule has 0 amide bonds. The van der Waals surface area contributed by atoms with Gasteiger partial charge >= 0.3 is 0 Å². The zero-order valence-electron chi connectivity index (χ0n) is 10.2. The van der Waals surface area contributed by atoms with Gasteiger partial charge in [-0.1, -0.05) is 12.8 Å². The van der Waals surface area contributed by atoms with Gasteiger partial charge in [0.25, 0.3) is 0 Å². The first-order valence-corrected chi connectivity index (χ1v) is 6.26. The molecule has 1 rings (SSSR count). The fourth-order valence-corrected chi connectivity index (χ4v) is 2.23. The van der Waals surface area contributed by atoms with Crippen LogP contribution in [0, 0.1) is 22.7 Å². The molecule has 0 aromatic rings. The maximum absolute atomic E-state index is 8.85. The second kappa shape index (κ2) is 6.12. The van der Waals surface area contributed by atoms with E-state index >= 15 is 0 Å². The molecular formula is C13H24N2. The van der Waals surface area contributed by atoms with Crippen LogP contribution in [0.15, 0.2) is 0 Å². The maximum Gasteiger partial charge on any atom is 0.0683 e. The van der Waals surface area contributed by atoms with Gasteiger partial charge in [0.2, 0.25) is 0 Å². The second-order valence-electron chi connectivity index (χ2n) is 5.45. The van der Waals surface area contributed by atoms with Crippen LogP contribution in [-0.4, -0.2) is 13.1 Å². The van der Waals surface area contributed by atoms with Crippen molar-refractivity contribution in [3.63, 3.8) is 0 Å². The second-order valence-corrected chi connectivity index (χ2v) is 5.45. The Bertz CT molecular complexity index is 209. The van der Waals surface area contributed by atoms with Crippen LogP contribution in [0.4, 0.5) is 0 Å². The predicted molar refractivity (Wildman–Crippen MR) is 63.5 cm³/mol. The normalized spacial score (nSPS) is 17.9. The van der Waals surface area contributed by atoms with Crippen LogP contribution in [0.25, 0.3) is 0 Å². The molecule has 0 heterocycles. The van der Waals surface area contributed by atoms with Crippen LogP contribution >= 0.6 is 0 Å². The van der Waals surface area contributed by atoms with Gasteiger partial charge in [-0.25, -0.2) is 0 Å². The lowest BCUT2D eigenvalue weighted by Gasteiger charge is -2.15. The van der Waals surface area contributed by atoms with Gasteiger partial charge in [0.1, 0.15) is 0 Å². The number of hydrogen-bond donors (Lipinski definition) is 1. The summed E-state index contributed by atoms with van der Waals surface area (Å²) < 4.78 is 0. The van der Waals surface area contributed by atoms with Crippen molar-refractivity contribution in [1.29, 1.82) is 5.26 Å². The van der Waals surface area contributed by atoms with Gasteiger partial charge in [-0.2, -0.15) is 5.26 Å². The average molecular weight is 208 g/mol. The highest BCUT2D eigenvalue weighted by molar-refractivity contribution is 4.91. The molecule has 0 radical (unpaired) electrons. The summed E-state index contributed by atoms with van der Waals surface area (Å²) in [7, 11) is 0. The van der Waals surface area contributed by atoms with Gasteiger partial charge in [0.15, 0.2) is 0 Å². The van der Waals surface area contributed by atoms with E-state index in [0.717, 1.165) is 25.3 Å². The maximum atomic E-state index is 8.85. The first-order valence-electron chi connectivity index (χ1n) is 6.26. The summed E-state index contributed by atoms with van der Waals surface area (Å²) in [5.41, 5.74) is -0.144. The molecule has 0 atom stereocenters. The SMILES string of the molecule is CC(C)(C#N)CCCNCC1CCCC1. The number of nitriles is 1. The molecule has 2 heteroatoms. The first kappa shape index (κ1) is 12.5. The van der Waals surface area contributed by atoms with E-state index in [2.05, 4.69) is 11.4 Å². The highest BCUT2D eigenvalue weighted by atomic mass is 14.9. The fraction of sp³-hybridized carbons (Fsp3) is 0.923. The van der Waals surface area contributed by atoms with Gasteiger partial charge in [0.05, 0.1) is 11.5 Å². The van der Waals surface area contributed by atoms with E-state index < -0.39 is 0 Å². The molecule has 1 N–H and O–H groups in total. The van der Waals surface area contributed by atoms with Gasteiger partial charge in [-0.3, -0.25) is 0 Å². The minimum atomic E-state index is -0.144. The van der Waals surface area contributed by atoms with E-state index in [0.29, 0.717) is 0 Å².